The molecule has 0 saturated carbocycles. The van der Waals surface area contributed by atoms with Crippen molar-refractivity contribution in [2.45, 2.75) is 32.9 Å². The highest BCUT2D eigenvalue weighted by Crippen LogP contribution is 2.23. The third-order valence-electron chi connectivity index (χ3n) is 4.21. The van der Waals surface area contributed by atoms with Gasteiger partial charge in [-0.3, -0.25) is 9.69 Å². The van der Waals surface area contributed by atoms with E-state index in [2.05, 4.69) is 43.1 Å². The number of carbonyl (C=O) groups excluding carboxylic acids is 1. The normalized spacial score (nSPS) is 18.8. The van der Waals surface area contributed by atoms with Crippen LogP contribution >= 0.6 is 24.8 Å². The number of amides is 1. The standard InChI is InChI=1S/C17H27N3O.2ClH/c1-4-19(5-2)16(15-9-7-6-8-10-15)17(21)20-12-11-18-14(3)13-20;;/h6-10,14,16,18H,4-5,11-13H2,1-3H3;2*1H. The van der Waals surface area contributed by atoms with E-state index in [4.69, 9.17) is 0 Å². The largest absolute Gasteiger partial charge is 0.338 e. The molecule has 2 rings (SSSR count). The lowest BCUT2D eigenvalue weighted by Crippen LogP contribution is -2.54. The van der Waals surface area contributed by atoms with Crippen LogP contribution in [0.3, 0.4) is 0 Å². The van der Waals surface area contributed by atoms with E-state index in [1.165, 1.54) is 0 Å². The van der Waals surface area contributed by atoms with Gasteiger partial charge in [0.2, 0.25) is 5.91 Å². The van der Waals surface area contributed by atoms with E-state index in [9.17, 15) is 4.79 Å². The summed E-state index contributed by atoms with van der Waals surface area (Å²) in [7, 11) is 0. The second-order valence-electron chi connectivity index (χ2n) is 5.67. The monoisotopic (exact) mass is 361 g/mol. The van der Waals surface area contributed by atoms with Gasteiger partial charge < -0.3 is 10.2 Å². The van der Waals surface area contributed by atoms with Crippen LogP contribution in [0.1, 0.15) is 32.4 Å². The quantitative estimate of drug-likeness (QED) is 0.875. The molecule has 1 saturated heterocycles. The predicted octanol–water partition coefficient (Wildman–Crippen LogP) is 2.73. The summed E-state index contributed by atoms with van der Waals surface area (Å²) in [5.74, 6) is 0.234. The Morgan fingerprint density at radius 1 is 1.26 bits per heavy atom. The van der Waals surface area contributed by atoms with Gasteiger partial charge in [-0.15, -0.1) is 24.8 Å². The maximum Gasteiger partial charge on any atom is 0.244 e. The number of benzene rings is 1. The first kappa shape index (κ1) is 22.2. The molecule has 2 unspecified atom stereocenters. The number of halogens is 2. The van der Waals surface area contributed by atoms with Crippen LogP contribution in [-0.2, 0) is 4.79 Å². The minimum atomic E-state index is -0.161. The molecule has 1 aromatic rings. The molecular formula is C17H29Cl2N3O. The Bertz CT molecular complexity index is 454. The number of nitrogens with one attached hydrogen (secondary N) is 1. The van der Waals surface area contributed by atoms with Gasteiger partial charge >= 0.3 is 0 Å². The smallest absolute Gasteiger partial charge is 0.244 e. The Labute approximate surface area is 152 Å². The van der Waals surface area contributed by atoms with Gasteiger partial charge in [-0.05, 0) is 25.6 Å². The maximum atomic E-state index is 13.1. The van der Waals surface area contributed by atoms with Gasteiger partial charge in [-0.1, -0.05) is 44.2 Å². The van der Waals surface area contributed by atoms with Crippen LogP contribution in [-0.4, -0.2) is 54.5 Å². The van der Waals surface area contributed by atoms with Crippen molar-refractivity contribution >= 4 is 30.7 Å². The summed E-state index contributed by atoms with van der Waals surface area (Å²) in [6.45, 7) is 10.6. The molecule has 1 amide bonds. The summed E-state index contributed by atoms with van der Waals surface area (Å²) in [6.07, 6.45) is 0. The van der Waals surface area contributed by atoms with E-state index >= 15 is 0 Å². The van der Waals surface area contributed by atoms with Crippen LogP contribution in [0, 0.1) is 0 Å². The minimum Gasteiger partial charge on any atom is -0.338 e. The lowest BCUT2D eigenvalue weighted by Gasteiger charge is -2.37. The molecule has 1 N–H and O–H groups in total. The molecule has 4 nitrogen and oxygen atoms in total. The maximum absolute atomic E-state index is 13.1. The molecule has 0 aliphatic carbocycles. The first-order valence-corrected chi connectivity index (χ1v) is 7.98. The van der Waals surface area contributed by atoms with E-state index in [1.54, 1.807) is 0 Å². The average Bonchev–Trinajstić information content (AvgIpc) is 2.52. The van der Waals surface area contributed by atoms with E-state index in [-0.39, 0.29) is 36.8 Å². The first-order valence-electron chi connectivity index (χ1n) is 7.98. The molecule has 1 fully saturated rings. The first-order chi connectivity index (χ1) is 10.2. The van der Waals surface area contributed by atoms with Gasteiger partial charge in [0.1, 0.15) is 6.04 Å². The lowest BCUT2D eigenvalue weighted by atomic mass is 10.0. The molecule has 1 aliphatic heterocycles. The molecule has 2 atom stereocenters. The van der Waals surface area contributed by atoms with Gasteiger partial charge in [0.25, 0.3) is 0 Å². The number of likely N-dealkylation sites (N-methyl/N-ethyl adjacent to an activating group) is 1. The Kier molecular flexibility index (Phi) is 10.5. The summed E-state index contributed by atoms with van der Waals surface area (Å²) in [6, 6.07) is 10.4. The van der Waals surface area contributed by atoms with Crippen LogP contribution in [0.5, 0.6) is 0 Å². The zero-order chi connectivity index (χ0) is 15.2. The van der Waals surface area contributed by atoms with Crippen molar-refractivity contribution in [3.63, 3.8) is 0 Å². The highest BCUT2D eigenvalue weighted by atomic mass is 35.5. The molecule has 132 valence electrons. The highest BCUT2D eigenvalue weighted by molar-refractivity contribution is 5.85. The van der Waals surface area contributed by atoms with Crippen molar-refractivity contribution in [2.75, 3.05) is 32.7 Å². The highest BCUT2D eigenvalue weighted by Gasteiger charge is 2.31. The molecule has 1 heterocycles. The number of hydrogen-bond donors (Lipinski definition) is 1. The predicted molar refractivity (Wildman–Crippen MR) is 101 cm³/mol. The van der Waals surface area contributed by atoms with Crippen molar-refractivity contribution in [2.24, 2.45) is 0 Å². The van der Waals surface area contributed by atoms with Crippen molar-refractivity contribution in [3.05, 3.63) is 35.9 Å². The summed E-state index contributed by atoms with van der Waals surface area (Å²) in [5, 5.41) is 3.40. The number of piperazine rings is 1. The van der Waals surface area contributed by atoms with Crippen molar-refractivity contribution in [1.29, 1.82) is 0 Å². The fourth-order valence-electron chi connectivity index (χ4n) is 3.04. The average molecular weight is 362 g/mol. The summed E-state index contributed by atoms with van der Waals surface area (Å²) < 4.78 is 0. The van der Waals surface area contributed by atoms with Crippen LogP contribution in [0.4, 0.5) is 0 Å². The Balaban J connectivity index is 0.00000242. The third-order valence-corrected chi connectivity index (χ3v) is 4.21. The van der Waals surface area contributed by atoms with E-state index in [0.717, 1.165) is 38.3 Å². The molecule has 1 aliphatic rings. The van der Waals surface area contributed by atoms with Crippen LogP contribution in [0.15, 0.2) is 30.3 Å². The Morgan fingerprint density at radius 2 is 1.87 bits per heavy atom. The van der Waals surface area contributed by atoms with E-state index < -0.39 is 0 Å². The fraction of sp³-hybridized carbons (Fsp3) is 0.588. The molecule has 0 radical (unpaired) electrons. The summed E-state index contributed by atoms with van der Waals surface area (Å²) >= 11 is 0. The van der Waals surface area contributed by atoms with Gasteiger partial charge in [-0.25, -0.2) is 0 Å². The second-order valence-corrected chi connectivity index (χ2v) is 5.67. The zero-order valence-electron chi connectivity index (χ0n) is 14.2. The zero-order valence-corrected chi connectivity index (χ0v) is 15.8. The molecule has 1 aromatic carbocycles. The third kappa shape index (κ3) is 5.64. The summed E-state index contributed by atoms with van der Waals surface area (Å²) in [5.41, 5.74) is 1.09. The lowest BCUT2D eigenvalue weighted by molar-refractivity contribution is -0.138. The van der Waals surface area contributed by atoms with Gasteiger partial charge in [-0.2, -0.15) is 0 Å². The van der Waals surface area contributed by atoms with Crippen LogP contribution in [0.2, 0.25) is 0 Å². The minimum absolute atomic E-state index is 0. The number of rotatable bonds is 5. The Morgan fingerprint density at radius 3 is 2.39 bits per heavy atom. The fourth-order valence-corrected chi connectivity index (χ4v) is 3.04. The van der Waals surface area contributed by atoms with Gasteiger partial charge in [0, 0.05) is 25.7 Å². The van der Waals surface area contributed by atoms with Crippen LogP contribution < -0.4 is 5.32 Å². The van der Waals surface area contributed by atoms with Crippen molar-refractivity contribution in [1.82, 2.24) is 15.1 Å². The molecule has 0 bridgehead atoms. The van der Waals surface area contributed by atoms with E-state index in [0.29, 0.717) is 6.04 Å². The van der Waals surface area contributed by atoms with Crippen molar-refractivity contribution < 1.29 is 4.79 Å². The van der Waals surface area contributed by atoms with Crippen LogP contribution in [0.25, 0.3) is 0 Å². The van der Waals surface area contributed by atoms with Crippen molar-refractivity contribution in [3.8, 4) is 0 Å². The number of carbonyl (C=O) groups is 1. The SMILES string of the molecule is CCN(CC)C(C(=O)N1CCNC(C)C1)c1ccccc1.Cl.Cl. The molecular weight excluding hydrogens is 333 g/mol. The Hall–Kier alpha value is -0.810. The summed E-state index contributed by atoms with van der Waals surface area (Å²) in [4.78, 5) is 17.3. The number of nitrogens with zero attached hydrogens (tertiary/aromatic N) is 2. The van der Waals surface area contributed by atoms with E-state index in [1.807, 2.05) is 23.1 Å². The van der Waals surface area contributed by atoms with Gasteiger partial charge in [0.15, 0.2) is 0 Å². The molecule has 23 heavy (non-hydrogen) atoms. The van der Waals surface area contributed by atoms with Gasteiger partial charge in [0.05, 0.1) is 0 Å². The second kappa shape index (κ2) is 10.9. The molecule has 0 aromatic heterocycles. The number of hydrogen-bond acceptors (Lipinski definition) is 3. The molecule has 6 heteroatoms. The molecule has 0 spiro atoms. The topological polar surface area (TPSA) is 35.6 Å².